The number of rotatable bonds is 6. The highest BCUT2D eigenvalue weighted by molar-refractivity contribution is 5.67. The van der Waals surface area contributed by atoms with Crippen molar-refractivity contribution in [2.75, 3.05) is 7.11 Å². The van der Waals surface area contributed by atoms with E-state index in [0.29, 0.717) is 11.3 Å². The summed E-state index contributed by atoms with van der Waals surface area (Å²) < 4.78 is 36.4. The van der Waals surface area contributed by atoms with Crippen LogP contribution in [0.25, 0.3) is 16.9 Å². The summed E-state index contributed by atoms with van der Waals surface area (Å²) in [4.78, 5) is 13.6. The van der Waals surface area contributed by atoms with Gasteiger partial charge in [0.15, 0.2) is 17.5 Å². The molecule has 0 amide bonds. The van der Waals surface area contributed by atoms with Gasteiger partial charge in [-0.25, -0.2) is 13.3 Å². The molecule has 2 aromatic heterocycles. The summed E-state index contributed by atoms with van der Waals surface area (Å²) in [6.45, 7) is 6.12. The van der Waals surface area contributed by atoms with Crippen molar-refractivity contribution in [2.24, 2.45) is 0 Å². The van der Waals surface area contributed by atoms with E-state index < -0.39 is 11.6 Å². The zero-order chi connectivity index (χ0) is 20.9. The smallest absolute Gasteiger partial charge is 0.278 e. The summed E-state index contributed by atoms with van der Waals surface area (Å²) in [7, 11) is 1.39. The Morgan fingerprint density at radius 1 is 1.17 bits per heavy atom. The lowest BCUT2D eigenvalue weighted by molar-refractivity contribution is 0.407. The Labute approximate surface area is 167 Å². The van der Waals surface area contributed by atoms with E-state index in [-0.39, 0.29) is 28.8 Å². The third kappa shape index (κ3) is 3.12. The van der Waals surface area contributed by atoms with Crippen LogP contribution in [0.4, 0.5) is 8.78 Å². The molecule has 1 fully saturated rings. The van der Waals surface area contributed by atoms with Gasteiger partial charge in [0.1, 0.15) is 11.3 Å². The van der Waals surface area contributed by atoms with Crippen LogP contribution >= 0.6 is 0 Å². The van der Waals surface area contributed by atoms with Gasteiger partial charge in [-0.2, -0.15) is 0 Å². The molecule has 2 heterocycles. The number of ether oxygens (including phenoxy) is 1. The summed E-state index contributed by atoms with van der Waals surface area (Å²) in [6, 6.07) is 4.08. The van der Waals surface area contributed by atoms with E-state index in [4.69, 9.17) is 9.84 Å². The zero-order valence-corrected chi connectivity index (χ0v) is 17.1. The molecule has 154 valence electrons. The summed E-state index contributed by atoms with van der Waals surface area (Å²) in [5.74, 6) is -1.28. The maximum absolute atomic E-state index is 14.1. The minimum Gasteiger partial charge on any atom is -0.496 e. The third-order valence-corrected chi connectivity index (χ3v) is 5.85. The van der Waals surface area contributed by atoms with Crippen molar-refractivity contribution in [1.29, 1.82) is 0 Å². The topological polar surface area (TPSA) is 48.5 Å². The molecule has 0 unspecified atom stereocenters. The molecule has 4 rings (SSSR count). The van der Waals surface area contributed by atoms with Gasteiger partial charge in [0, 0.05) is 17.8 Å². The lowest BCUT2D eigenvalue weighted by atomic mass is 9.95. The number of methoxy groups -OCH3 is 1. The number of halogens is 2. The molecule has 1 aromatic carbocycles. The normalized spacial score (nSPS) is 14.2. The SMILES string of the molecule is CCC(CC)c1cc(C)n2nc(-c3cc(F)c(F)cc3OC)n(C3CC3)c(=O)c12. The molecule has 7 heteroatoms. The van der Waals surface area contributed by atoms with Crippen LogP contribution in [0.2, 0.25) is 0 Å². The molecule has 5 nitrogen and oxygen atoms in total. The van der Waals surface area contributed by atoms with Crippen molar-refractivity contribution < 1.29 is 13.5 Å². The molecule has 0 saturated heterocycles. The molecule has 0 atom stereocenters. The van der Waals surface area contributed by atoms with Gasteiger partial charge >= 0.3 is 0 Å². The molecule has 1 aliphatic carbocycles. The highest BCUT2D eigenvalue weighted by atomic mass is 19.2. The van der Waals surface area contributed by atoms with Crippen molar-refractivity contribution in [1.82, 2.24) is 14.2 Å². The van der Waals surface area contributed by atoms with E-state index in [1.807, 2.05) is 13.0 Å². The molecule has 1 saturated carbocycles. The van der Waals surface area contributed by atoms with Gasteiger partial charge in [-0.05, 0) is 56.2 Å². The Balaban J connectivity index is 2.07. The Bertz CT molecular complexity index is 1140. The number of hydrogen-bond donors (Lipinski definition) is 0. The Morgan fingerprint density at radius 2 is 1.83 bits per heavy atom. The Kier molecular flexibility index (Phi) is 4.92. The first kappa shape index (κ1) is 19.6. The molecule has 0 spiro atoms. The molecule has 0 bridgehead atoms. The molecule has 3 aromatic rings. The largest absolute Gasteiger partial charge is 0.496 e. The first-order chi connectivity index (χ1) is 13.9. The van der Waals surface area contributed by atoms with E-state index in [0.717, 1.165) is 49.1 Å². The van der Waals surface area contributed by atoms with E-state index in [9.17, 15) is 13.6 Å². The lowest BCUT2D eigenvalue weighted by Gasteiger charge is -2.17. The Morgan fingerprint density at radius 3 is 2.41 bits per heavy atom. The van der Waals surface area contributed by atoms with Crippen LogP contribution in [-0.4, -0.2) is 21.3 Å². The molecular weight excluding hydrogens is 376 g/mol. The lowest BCUT2D eigenvalue weighted by Crippen LogP contribution is -2.26. The fourth-order valence-electron chi connectivity index (χ4n) is 4.12. The average molecular weight is 401 g/mol. The van der Waals surface area contributed by atoms with Gasteiger partial charge in [0.2, 0.25) is 0 Å². The van der Waals surface area contributed by atoms with E-state index in [2.05, 4.69) is 13.8 Å². The fraction of sp³-hybridized carbons (Fsp3) is 0.455. The van der Waals surface area contributed by atoms with Crippen molar-refractivity contribution in [3.8, 4) is 17.1 Å². The number of benzene rings is 1. The standard InChI is InChI=1S/C22H25F2N3O2/c1-5-13(6-2)15-9-12(3)27-20(15)22(28)26(14-7-8-14)21(25-27)16-10-17(23)18(24)11-19(16)29-4/h9-11,13-14H,5-8H2,1-4H3. The molecular formula is C22H25F2N3O2. The van der Waals surface area contributed by atoms with Crippen LogP contribution < -0.4 is 10.3 Å². The first-order valence-corrected chi connectivity index (χ1v) is 10.1. The second-order valence-electron chi connectivity index (χ2n) is 7.71. The molecule has 0 radical (unpaired) electrons. The van der Waals surface area contributed by atoms with Gasteiger partial charge in [-0.1, -0.05) is 13.8 Å². The number of fused-ring (bicyclic) bond motifs is 1. The van der Waals surface area contributed by atoms with Crippen LogP contribution in [0.5, 0.6) is 5.75 Å². The van der Waals surface area contributed by atoms with Crippen LogP contribution in [0.3, 0.4) is 0 Å². The highest BCUT2D eigenvalue weighted by Gasteiger charge is 2.32. The maximum atomic E-state index is 14.1. The van der Waals surface area contributed by atoms with Gasteiger partial charge in [0.05, 0.1) is 12.7 Å². The molecule has 29 heavy (non-hydrogen) atoms. The highest BCUT2D eigenvalue weighted by Crippen LogP contribution is 2.40. The number of hydrogen-bond acceptors (Lipinski definition) is 3. The monoisotopic (exact) mass is 401 g/mol. The van der Waals surface area contributed by atoms with Crippen LogP contribution in [0.1, 0.15) is 62.7 Å². The van der Waals surface area contributed by atoms with E-state index >= 15 is 0 Å². The minimum atomic E-state index is -1.00. The fourth-order valence-corrected chi connectivity index (χ4v) is 4.12. The molecule has 0 aliphatic heterocycles. The van der Waals surface area contributed by atoms with Crippen LogP contribution in [0.15, 0.2) is 23.0 Å². The third-order valence-electron chi connectivity index (χ3n) is 5.85. The zero-order valence-electron chi connectivity index (χ0n) is 17.1. The average Bonchev–Trinajstić information content (AvgIpc) is 3.48. The van der Waals surface area contributed by atoms with Gasteiger partial charge < -0.3 is 4.74 Å². The molecule has 1 aliphatic rings. The van der Waals surface area contributed by atoms with Crippen molar-refractivity contribution in [3.05, 3.63) is 51.4 Å². The second kappa shape index (κ2) is 7.28. The van der Waals surface area contributed by atoms with E-state index in [1.165, 1.54) is 7.11 Å². The first-order valence-electron chi connectivity index (χ1n) is 10.1. The molecule has 0 N–H and O–H groups in total. The van der Waals surface area contributed by atoms with Crippen LogP contribution in [0, 0.1) is 18.6 Å². The van der Waals surface area contributed by atoms with Gasteiger partial charge in [-0.3, -0.25) is 9.36 Å². The summed E-state index contributed by atoms with van der Waals surface area (Å²) in [6.07, 6.45) is 3.57. The summed E-state index contributed by atoms with van der Waals surface area (Å²) in [5.41, 5.74) is 2.55. The summed E-state index contributed by atoms with van der Waals surface area (Å²) >= 11 is 0. The van der Waals surface area contributed by atoms with Gasteiger partial charge in [-0.15, -0.1) is 5.10 Å². The number of nitrogens with zero attached hydrogens (tertiary/aromatic N) is 3. The predicted molar refractivity (Wildman–Crippen MR) is 108 cm³/mol. The van der Waals surface area contributed by atoms with Crippen molar-refractivity contribution in [3.63, 3.8) is 0 Å². The minimum absolute atomic E-state index is 0.0116. The van der Waals surface area contributed by atoms with E-state index in [1.54, 1.807) is 9.08 Å². The van der Waals surface area contributed by atoms with Gasteiger partial charge in [0.25, 0.3) is 5.56 Å². The predicted octanol–water partition coefficient (Wildman–Crippen LogP) is 5.00. The summed E-state index contributed by atoms with van der Waals surface area (Å²) in [5, 5.41) is 4.73. The van der Waals surface area contributed by atoms with Crippen molar-refractivity contribution in [2.45, 2.75) is 58.4 Å². The number of aromatic nitrogens is 3. The quantitative estimate of drug-likeness (QED) is 0.584. The second-order valence-corrected chi connectivity index (χ2v) is 7.71. The number of aryl methyl sites for hydroxylation is 1. The Hall–Kier alpha value is -2.70. The van der Waals surface area contributed by atoms with Crippen molar-refractivity contribution >= 4 is 5.52 Å². The van der Waals surface area contributed by atoms with Crippen LogP contribution in [-0.2, 0) is 0 Å². The maximum Gasteiger partial charge on any atom is 0.278 e.